The molecule has 2 aliphatic rings. The van der Waals surface area contributed by atoms with E-state index in [0.29, 0.717) is 18.8 Å². The molecule has 3 heterocycles. The van der Waals surface area contributed by atoms with Crippen LogP contribution in [0.5, 0.6) is 0 Å². The van der Waals surface area contributed by atoms with Crippen LogP contribution in [0.15, 0.2) is 6.07 Å². The molecule has 0 bridgehead atoms. The Kier molecular flexibility index (Phi) is 5.02. The van der Waals surface area contributed by atoms with Crippen molar-refractivity contribution in [3.63, 3.8) is 0 Å². The number of hydrogen-bond donors (Lipinski definition) is 1. The lowest BCUT2D eigenvalue weighted by atomic mass is 9.82. The smallest absolute Gasteiger partial charge is 0.274 e. The van der Waals surface area contributed by atoms with Crippen LogP contribution in [0.25, 0.3) is 0 Å². The fourth-order valence-electron chi connectivity index (χ4n) is 3.82. The zero-order valence-corrected chi connectivity index (χ0v) is 14.1. The summed E-state index contributed by atoms with van der Waals surface area (Å²) >= 11 is 0. The van der Waals surface area contributed by atoms with Crippen LogP contribution in [0.2, 0.25) is 0 Å². The van der Waals surface area contributed by atoms with Gasteiger partial charge in [-0.3, -0.25) is 9.89 Å². The average Bonchev–Trinajstić information content (AvgIpc) is 3.04. The minimum atomic E-state index is -0.206. The number of carbonyl (C=O) groups excluding carboxylic acids is 1. The number of aromatic amines is 1. The van der Waals surface area contributed by atoms with Crippen molar-refractivity contribution in [3.8, 4) is 0 Å². The van der Waals surface area contributed by atoms with Gasteiger partial charge >= 0.3 is 0 Å². The molecule has 0 aromatic carbocycles. The Morgan fingerprint density at radius 3 is 3.00 bits per heavy atom. The molecule has 1 N–H and O–H groups in total. The Balaban J connectivity index is 1.62. The molecule has 1 amide bonds. The van der Waals surface area contributed by atoms with Gasteiger partial charge in [-0.15, -0.1) is 0 Å². The van der Waals surface area contributed by atoms with E-state index in [1.807, 2.05) is 11.0 Å². The number of aryl methyl sites for hydroxylation is 1. The molecule has 6 heteroatoms. The second kappa shape index (κ2) is 7.01. The van der Waals surface area contributed by atoms with Crippen LogP contribution >= 0.6 is 0 Å². The number of piperidine rings is 1. The van der Waals surface area contributed by atoms with E-state index < -0.39 is 0 Å². The molecule has 3 rings (SSSR count). The lowest BCUT2D eigenvalue weighted by Gasteiger charge is -2.47. The maximum absolute atomic E-state index is 12.6. The standard InChI is InChI=1S/C17H27N3O3/c1-3-5-13-12-14(19-18-13)16(21)20-9-7-17(8-10-20)15(22-2)6-4-11-23-17/h12,15H,3-11H2,1-2H3,(H,18,19)/t15-/m1/s1. The Bertz CT molecular complexity index is 535. The molecule has 2 aliphatic heterocycles. The molecular formula is C17H27N3O3. The van der Waals surface area contributed by atoms with Crippen molar-refractivity contribution >= 4 is 5.91 Å². The molecule has 23 heavy (non-hydrogen) atoms. The summed E-state index contributed by atoms with van der Waals surface area (Å²) in [6, 6.07) is 1.88. The molecule has 1 spiro atoms. The molecule has 6 nitrogen and oxygen atoms in total. The SMILES string of the molecule is CCCc1cc(C(=O)N2CCC3(CC2)OCCC[C@H]3OC)n[nH]1. The second-order valence-electron chi connectivity index (χ2n) is 6.60. The van der Waals surface area contributed by atoms with E-state index >= 15 is 0 Å². The van der Waals surface area contributed by atoms with Crippen LogP contribution in [0.4, 0.5) is 0 Å². The van der Waals surface area contributed by atoms with E-state index in [1.54, 1.807) is 7.11 Å². The zero-order valence-electron chi connectivity index (χ0n) is 14.1. The number of aromatic nitrogens is 2. The van der Waals surface area contributed by atoms with Gasteiger partial charge in [0.2, 0.25) is 0 Å². The van der Waals surface area contributed by atoms with Crippen LogP contribution in [0.3, 0.4) is 0 Å². The van der Waals surface area contributed by atoms with Crippen molar-refractivity contribution in [1.29, 1.82) is 0 Å². The first kappa shape index (κ1) is 16.5. The Labute approximate surface area is 137 Å². The highest BCUT2D eigenvalue weighted by molar-refractivity contribution is 5.92. The van der Waals surface area contributed by atoms with Gasteiger partial charge in [-0.25, -0.2) is 0 Å². The summed E-state index contributed by atoms with van der Waals surface area (Å²) in [6.07, 6.45) is 5.88. The quantitative estimate of drug-likeness (QED) is 0.923. The fraction of sp³-hybridized carbons (Fsp3) is 0.765. The monoisotopic (exact) mass is 321 g/mol. The number of amides is 1. The zero-order chi connectivity index (χ0) is 16.3. The number of likely N-dealkylation sites (tertiary alicyclic amines) is 1. The highest BCUT2D eigenvalue weighted by Gasteiger charge is 2.45. The topological polar surface area (TPSA) is 67.5 Å². The van der Waals surface area contributed by atoms with E-state index in [1.165, 1.54) is 0 Å². The second-order valence-corrected chi connectivity index (χ2v) is 6.60. The van der Waals surface area contributed by atoms with E-state index in [2.05, 4.69) is 17.1 Å². The highest BCUT2D eigenvalue weighted by Crippen LogP contribution is 2.37. The predicted molar refractivity (Wildman–Crippen MR) is 86.4 cm³/mol. The van der Waals surface area contributed by atoms with Gasteiger partial charge in [0.05, 0.1) is 11.7 Å². The van der Waals surface area contributed by atoms with Crippen molar-refractivity contribution < 1.29 is 14.3 Å². The number of nitrogens with zero attached hydrogens (tertiary/aromatic N) is 2. The van der Waals surface area contributed by atoms with E-state index in [4.69, 9.17) is 9.47 Å². The van der Waals surface area contributed by atoms with E-state index in [0.717, 1.165) is 50.8 Å². The number of hydrogen-bond acceptors (Lipinski definition) is 4. The van der Waals surface area contributed by atoms with Gasteiger partial charge in [0, 0.05) is 32.5 Å². The van der Waals surface area contributed by atoms with Gasteiger partial charge in [0.15, 0.2) is 0 Å². The van der Waals surface area contributed by atoms with Crippen molar-refractivity contribution in [2.24, 2.45) is 0 Å². The van der Waals surface area contributed by atoms with Gasteiger partial charge in [0.1, 0.15) is 5.69 Å². The van der Waals surface area contributed by atoms with Gasteiger partial charge in [-0.05, 0) is 38.2 Å². The summed E-state index contributed by atoms with van der Waals surface area (Å²) in [5.41, 5.74) is 1.35. The molecule has 1 atom stereocenters. The van der Waals surface area contributed by atoms with Crippen molar-refractivity contribution in [2.75, 3.05) is 26.8 Å². The summed E-state index contributed by atoms with van der Waals surface area (Å²) in [4.78, 5) is 14.5. The first-order valence-electron chi connectivity index (χ1n) is 8.69. The van der Waals surface area contributed by atoms with Gasteiger partial charge < -0.3 is 14.4 Å². The number of H-pyrrole nitrogens is 1. The minimum Gasteiger partial charge on any atom is -0.378 e. The van der Waals surface area contributed by atoms with Crippen LogP contribution < -0.4 is 0 Å². The van der Waals surface area contributed by atoms with E-state index in [-0.39, 0.29) is 17.6 Å². The fourth-order valence-corrected chi connectivity index (χ4v) is 3.82. The van der Waals surface area contributed by atoms with Crippen LogP contribution in [0.1, 0.15) is 55.2 Å². The lowest BCUT2D eigenvalue weighted by molar-refractivity contribution is -0.183. The summed E-state index contributed by atoms with van der Waals surface area (Å²) in [6.45, 7) is 4.32. The third-order valence-corrected chi connectivity index (χ3v) is 5.14. The predicted octanol–water partition coefficient (Wildman–Crippen LogP) is 2.16. The van der Waals surface area contributed by atoms with E-state index in [9.17, 15) is 4.79 Å². The van der Waals surface area contributed by atoms with Crippen molar-refractivity contribution in [2.45, 2.75) is 57.2 Å². The third-order valence-electron chi connectivity index (χ3n) is 5.14. The molecule has 2 saturated heterocycles. The first-order valence-corrected chi connectivity index (χ1v) is 8.69. The normalized spacial score (nSPS) is 24.1. The van der Waals surface area contributed by atoms with Crippen LogP contribution in [-0.4, -0.2) is 59.5 Å². The third kappa shape index (κ3) is 3.28. The maximum atomic E-state index is 12.6. The van der Waals surface area contributed by atoms with Gasteiger partial charge in [-0.1, -0.05) is 13.3 Å². The number of methoxy groups -OCH3 is 1. The molecule has 0 unspecified atom stereocenters. The Morgan fingerprint density at radius 1 is 1.52 bits per heavy atom. The Morgan fingerprint density at radius 2 is 2.30 bits per heavy atom. The number of rotatable bonds is 4. The number of carbonyl (C=O) groups is 1. The molecule has 128 valence electrons. The van der Waals surface area contributed by atoms with Crippen LogP contribution in [-0.2, 0) is 15.9 Å². The highest BCUT2D eigenvalue weighted by atomic mass is 16.5. The molecule has 0 saturated carbocycles. The van der Waals surface area contributed by atoms with Crippen molar-refractivity contribution in [3.05, 3.63) is 17.5 Å². The van der Waals surface area contributed by atoms with Gasteiger partial charge in [-0.2, -0.15) is 5.10 Å². The molecule has 2 fully saturated rings. The summed E-state index contributed by atoms with van der Waals surface area (Å²) in [5, 5.41) is 7.13. The minimum absolute atomic E-state index is 0.0169. The number of ether oxygens (including phenoxy) is 2. The summed E-state index contributed by atoms with van der Waals surface area (Å²) in [5.74, 6) is 0.0169. The lowest BCUT2D eigenvalue weighted by Crippen LogP contribution is -2.56. The molecule has 1 aromatic heterocycles. The molecular weight excluding hydrogens is 294 g/mol. The largest absolute Gasteiger partial charge is 0.378 e. The molecule has 1 aromatic rings. The summed E-state index contributed by atoms with van der Waals surface area (Å²) in [7, 11) is 1.76. The number of nitrogens with one attached hydrogen (secondary N) is 1. The molecule has 0 radical (unpaired) electrons. The van der Waals surface area contributed by atoms with Crippen molar-refractivity contribution in [1.82, 2.24) is 15.1 Å². The molecule has 0 aliphatic carbocycles. The Hall–Kier alpha value is -1.40. The average molecular weight is 321 g/mol. The van der Waals surface area contributed by atoms with Crippen LogP contribution in [0, 0.1) is 0 Å². The first-order chi connectivity index (χ1) is 11.2. The summed E-state index contributed by atoms with van der Waals surface area (Å²) < 4.78 is 11.7. The maximum Gasteiger partial charge on any atom is 0.274 e. The van der Waals surface area contributed by atoms with Gasteiger partial charge in [0.25, 0.3) is 5.91 Å².